The van der Waals surface area contributed by atoms with Crippen LogP contribution in [0.25, 0.3) is 0 Å². The minimum Gasteiger partial charge on any atom is -0.435 e. The van der Waals surface area contributed by atoms with Gasteiger partial charge in [-0.2, -0.15) is 0 Å². The lowest BCUT2D eigenvalue weighted by Crippen LogP contribution is -2.70. The molecule has 0 aromatic carbocycles. The van der Waals surface area contributed by atoms with E-state index in [0.717, 1.165) is 51.4 Å². The number of rotatable bonds is 6. The molecule has 0 radical (unpaired) electrons. The van der Waals surface area contributed by atoms with Gasteiger partial charge in [0.2, 0.25) is 12.1 Å². The first kappa shape index (κ1) is 21.5. The number of hydrogen-bond acceptors (Lipinski definition) is 6. The van der Waals surface area contributed by atoms with E-state index in [0.29, 0.717) is 11.8 Å². The summed E-state index contributed by atoms with van der Waals surface area (Å²) in [4.78, 5) is 24.9. The standard InChI is InChI=1S/C23H38O6/c1-6-8-16(9-7-2)19(24)25-20-15(4)18-11-10-14(3)17-12-13-22(5)27-21(26-20)23(17,18)29-28-22/h14-18,20-21H,6-13H2,1-5H3/t14-,15-,17+,18?,20?,21-,22-,23-/m1/s1. The molecule has 8 atom stereocenters. The molecule has 0 amide bonds. The van der Waals surface area contributed by atoms with Gasteiger partial charge in [0, 0.05) is 18.3 Å². The fraction of sp³-hybridized carbons (Fsp3) is 0.957. The van der Waals surface area contributed by atoms with E-state index >= 15 is 0 Å². The van der Waals surface area contributed by atoms with E-state index in [9.17, 15) is 4.79 Å². The van der Waals surface area contributed by atoms with Crippen LogP contribution in [0.3, 0.4) is 0 Å². The van der Waals surface area contributed by atoms with Crippen LogP contribution in [-0.2, 0) is 28.8 Å². The van der Waals surface area contributed by atoms with E-state index in [4.69, 9.17) is 24.0 Å². The van der Waals surface area contributed by atoms with Gasteiger partial charge in [-0.15, -0.1) is 0 Å². The Morgan fingerprint density at radius 2 is 1.79 bits per heavy atom. The molecule has 0 aromatic heterocycles. The molecule has 166 valence electrons. The molecule has 1 spiro atoms. The first-order valence-electron chi connectivity index (χ1n) is 11.7. The largest absolute Gasteiger partial charge is 0.435 e. The molecule has 2 unspecified atom stereocenters. The maximum absolute atomic E-state index is 12.9. The average molecular weight is 411 g/mol. The predicted octanol–water partition coefficient (Wildman–Crippen LogP) is 4.95. The maximum atomic E-state index is 12.9. The van der Waals surface area contributed by atoms with Crippen LogP contribution in [0.15, 0.2) is 0 Å². The lowest BCUT2D eigenvalue weighted by atomic mass is 9.58. The average Bonchev–Trinajstić information content (AvgIpc) is 2.91. The summed E-state index contributed by atoms with van der Waals surface area (Å²) < 4.78 is 18.7. The van der Waals surface area contributed by atoms with E-state index in [2.05, 4.69) is 27.7 Å². The normalized spacial score (nSPS) is 46.3. The van der Waals surface area contributed by atoms with Crippen LogP contribution in [0.2, 0.25) is 0 Å². The number of ether oxygens (including phenoxy) is 3. The molecule has 5 rings (SSSR count). The molecule has 1 aliphatic carbocycles. The summed E-state index contributed by atoms with van der Waals surface area (Å²) in [6.07, 6.45) is 6.43. The van der Waals surface area contributed by atoms with Crippen LogP contribution in [0.1, 0.15) is 86.0 Å². The summed E-state index contributed by atoms with van der Waals surface area (Å²) >= 11 is 0. The number of hydrogen-bond donors (Lipinski definition) is 0. The van der Waals surface area contributed by atoms with Gasteiger partial charge in [-0.05, 0) is 50.9 Å². The molecule has 4 aliphatic heterocycles. The number of carbonyl (C=O) groups excluding carboxylic acids is 1. The van der Waals surface area contributed by atoms with Gasteiger partial charge in [0.15, 0.2) is 11.9 Å². The first-order chi connectivity index (χ1) is 13.8. The van der Waals surface area contributed by atoms with Gasteiger partial charge >= 0.3 is 5.97 Å². The zero-order valence-electron chi connectivity index (χ0n) is 18.6. The van der Waals surface area contributed by atoms with Crippen LogP contribution in [-0.4, -0.2) is 29.9 Å². The summed E-state index contributed by atoms with van der Waals surface area (Å²) in [5.74, 6) is 0.0586. The summed E-state index contributed by atoms with van der Waals surface area (Å²) in [6.45, 7) is 10.6. The monoisotopic (exact) mass is 410 g/mol. The van der Waals surface area contributed by atoms with Crippen molar-refractivity contribution >= 4 is 5.97 Å². The molecule has 6 nitrogen and oxygen atoms in total. The van der Waals surface area contributed by atoms with Gasteiger partial charge < -0.3 is 14.2 Å². The summed E-state index contributed by atoms with van der Waals surface area (Å²) in [7, 11) is 0. The first-order valence-corrected chi connectivity index (χ1v) is 11.7. The Morgan fingerprint density at radius 3 is 2.48 bits per heavy atom. The molecule has 2 bridgehead atoms. The highest BCUT2D eigenvalue weighted by atomic mass is 17.3. The third-order valence-corrected chi connectivity index (χ3v) is 7.94. The SMILES string of the molecule is CCCC(CCC)C(=O)OC1O[C@@H]2O[C@@]3(C)CC[C@H]4[C@H](C)CCC([C@H]1C)[C@@]24OO3. The van der Waals surface area contributed by atoms with E-state index in [1.807, 2.05) is 6.92 Å². The molecular weight excluding hydrogens is 372 g/mol. The van der Waals surface area contributed by atoms with E-state index in [1.54, 1.807) is 0 Å². The Balaban J connectivity index is 1.58. The quantitative estimate of drug-likeness (QED) is 0.456. The smallest absolute Gasteiger partial charge is 0.311 e. The molecular formula is C23H38O6. The van der Waals surface area contributed by atoms with Gasteiger partial charge in [-0.25, -0.2) is 9.78 Å². The Labute approximate surface area is 174 Å². The van der Waals surface area contributed by atoms with Crippen molar-refractivity contribution in [1.82, 2.24) is 0 Å². The minimum absolute atomic E-state index is 0.0313. The van der Waals surface area contributed by atoms with Crippen molar-refractivity contribution in [3.05, 3.63) is 0 Å². The third kappa shape index (κ3) is 3.54. The van der Waals surface area contributed by atoms with Gasteiger partial charge in [0.05, 0.1) is 5.92 Å². The highest BCUT2D eigenvalue weighted by Crippen LogP contribution is 2.60. The van der Waals surface area contributed by atoms with Gasteiger partial charge in [0.25, 0.3) is 0 Å². The van der Waals surface area contributed by atoms with Crippen molar-refractivity contribution in [3.63, 3.8) is 0 Å². The van der Waals surface area contributed by atoms with Crippen LogP contribution in [0.4, 0.5) is 0 Å². The van der Waals surface area contributed by atoms with E-state index < -0.39 is 24.0 Å². The Kier molecular flexibility index (Phi) is 6.02. The third-order valence-electron chi connectivity index (χ3n) is 7.94. The Hall–Kier alpha value is -0.690. The van der Waals surface area contributed by atoms with Crippen molar-refractivity contribution in [3.8, 4) is 0 Å². The Morgan fingerprint density at radius 1 is 1.07 bits per heavy atom. The number of carbonyl (C=O) groups is 1. The van der Waals surface area contributed by atoms with Gasteiger partial charge in [-0.3, -0.25) is 4.79 Å². The van der Waals surface area contributed by atoms with E-state index in [-0.39, 0.29) is 23.7 Å². The lowest BCUT2D eigenvalue weighted by Gasteiger charge is -2.60. The van der Waals surface area contributed by atoms with Crippen LogP contribution in [0.5, 0.6) is 0 Å². The van der Waals surface area contributed by atoms with Crippen molar-refractivity contribution < 1.29 is 28.8 Å². The topological polar surface area (TPSA) is 63.2 Å². The molecule has 29 heavy (non-hydrogen) atoms. The molecule has 4 heterocycles. The number of esters is 1. The second kappa shape index (κ2) is 8.10. The zero-order valence-corrected chi connectivity index (χ0v) is 18.6. The van der Waals surface area contributed by atoms with Crippen molar-refractivity contribution in [2.75, 3.05) is 0 Å². The lowest BCUT2D eigenvalue weighted by molar-refractivity contribution is -0.576. The second-order valence-electron chi connectivity index (χ2n) is 9.98. The molecule has 1 saturated carbocycles. The predicted molar refractivity (Wildman–Crippen MR) is 106 cm³/mol. The van der Waals surface area contributed by atoms with Crippen LogP contribution in [0, 0.1) is 29.6 Å². The molecule has 0 aromatic rings. The Bertz CT molecular complexity index is 604. The molecule has 6 heteroatoms. The van der Waals surface area contributed by atoms with Crippen molar-refractivity contribution in [2.45, 2.75) is 110 Å². The molecule has 4 saturated heterocycles. The summed E-state index contributed by atoms with van der Waals surface area (Å²) in [6, 6.07) is 0. The second-order valence-corrected chi connectivity index (χ2v) is 9.98. The summed E-state index contributed by atoms with van der Waals surface area (Å²) in [5, 5.41) is 0. The van der Waals surface area contributed by atoms with Crippen LogP contribution >= 0.6 is 0 Å². The highest BCUT2D eigenvalue weighted by Gasteiger charge is 2.69. The van der Waals surface area contributed by atoms with Crippen molar-refractivity contribution in [2.24, 2.45) is 29.6 Å². The summed E-state index contributed by atoms with van der Waals surface area (Å²) in [5.41, 5.74) is -0.609. The fourth-order valence-electron chi connectivity index (χ4n) is 6.29. The molecule has 5 aliphatic rings. The highest BCUT2D eigenvalue weighted by molar-refractivity contribution is 5.72. The number of fused-ring (bicyclic) bond motifs is 2. The molecule has 0 N–H and O–H groups in total. The van der Waals surface area contributed by atoms with Crippen molar-refractivity contribution in [1.29, 1.82) is 0 Å². The van der Waals surface area contributed by atoms with E-state index in [1.165, 1.54) is 0 Å². The molecule has 5 fully saturated rings. The maximum Gasteiger partial charge on any atom is 0.311 e. The van der Waals surface area contributed by atoms with Gasteiger partial charge in [0.1, 0.15) is 0 Å². The van der Waals surface area contributed by atoms with Gasteiger partial charge in [-0.1, -0.05) is 40.5 Å². The minimum atomic E-state index is -0.806. The zero-order chi connectivity index (χ0) is 20.8. The van der Waals surface area contributed by atoms with Crippen LogP contribution < -0.4 is 0 Å². The fourth-order valence-corrected chi connectivity index (χ4v) is 6.29.